The number of nitrogens with two attached hydrogens (primary N) is 1. The summed E-state index contributed by atoms with van der Waals surface area (Å²) in [5.74, 6) is 2.38. The zero-order chi connectivity index (χ0) is 14.4. The molecule has 2 aliphatic carbocycles. The van der Waals surface area contributed by atoms with Crippen LogP contribution in [-0.2, 0) is 4.79 Å². The summed E-state index contributed by atoms with van der Waals surface area (Å²) in [5.41, 5.74) is 7.39. The van der Waals surface area contributed by atoms with Crippen molar-refractivity contribution in [2.24, 2.45) is 17.8 Å². The number of aromatic nitrogens is 1. The number of rotatable bonds is 3. The number of fused-ring (bicyclic) bond motifs is 3. The summed E-state index contributed by atoms with van der Waals surface area (Å²) < 4.78 is 1.02. The summed E-state index contributed by atoms with van der Waals surface area (Å²) in [6, 6.07) is 5.63. The minimum absolute atomic E-state index is 0.111. The van der Waals surface area contributed by atoms with Crippen LogP contribution in [0.1, 0.15) is 32.1 Å². The van der Waals surface area contributed by atoms with E-state index in [9.17, 15) is 4.79 Å². The van der Waals surface area contributed by atoms with Crippen molar-refractivity contribution in [2.45, 2.75) is 32.1 Å². The number of nitrogen functional groups attached to an aromatic ring is 1. The lowest BCUT2D eigenvalue weighted by molar-refractivity contribution is -0.117. The first-order valence-corrected chi connectivity index (χ1v) is 8.45. The fourth-order valence-corrected chi connectivity index (χ4v) is 4.96. The molecule has 110 valence electrons. The first-order chi connectivity index (χ1) is 10.2. The number of benzene rings is 1. The lowest BCUT2D eigenvalue weighted by Gasteiger charge is -2.20. The van der Waals surface area contributed by atoms with Crippen molar-refractivity contribution in [1.29, 1.82) is 0 Å². The first-order valence-electron chi connectivity index (χ1n) is 7.63. The molecule has 4 rings (SSSR count). The van der Waals surface area contributed by atoms with Crippen LogP contribution in [0, 0.1) is 17.8 Å². The third kappa shape index (κ3) is 2.50. The smallest absolute Gasteiger partial charge is 0.226 e. The van der Waals surface area contributed by atoms with Gasteiger partial charge in [0.05, 0.1) is 10.2 Å². The average Bonchev–Trinajstić information content (AvgIpc) is 3.12. The fourth-order valence-electron chi connectivity index (χ4n) is 4.03. The molecule has 2 aromatic rings. The maximum Gasteiger partial charge on any atom is 0.226 e. The molecule has 3 atom stereocenters. The van der Waals surface area contributed by atoms with Gasteiger partial charge in [0.1, 0.15) is 0 Å². The Morgan fingerprint density at radius 1 is 1.38 bits per heavy atom. The second kappa shape index (κ2) is 4.98. The second-order valence-corrected chi connectivity index (χ2v) is 7.46. The Hall–Kier alpha value is -1.62. The molecule has 1 amide bonds. The fraction of sp³-hybridized carbons (Fsp3) is 0.500. The number of hydrogen-bond acceptors (Lipinski definition) is 4. The van der Waals surface area contributed by atoms with Gasteiger partial charge in [-0.1, -0.05) is 17.8 Å². The molecule has 2 fully saturated rings. The molecule has 4 nitrogen and oxygen atoms in total. The van der Waals surface area contributed by atoms with Gasteiger partial charge in [-0.05, 0) is 55.2 Å². The highest BCUT2D eigenvalue weighted by Crippen LogP contribution is 2.49. The van der Waals surface area contributed by atoms with Crippen LogP contribution in [0.2, 0.25) is 0 Å². The lowest BCUT2D eigenvalue weighted by atomic mass is 9.86. The Labute approximate surface area is 127 Å². The van der Waals surface area contributed by atoms with Crippen molar-refractivity contribution in [3.8, 4) is 0 Å². The molecule has 3 N–H and O–H groups in total. The quantitative estimate of drug-likeness (QED) is 0.850. The van der Waals surface area contributed by atoms with Crippen LogP contribution in [0.25, 0.3) is 10.2 Å². The SMILES string of the molecule is Nc1ccc2nc(NC(=O)CC3CC4CCC3C4)sc2c1. The van der Waals surface area contributed by atoms with E-state index < -0.39 is 0 Å². The molecule has 0 saturated heterocycles. The topological polar surface area (TPSA) is 68.0 Å². The van der Waals surface area contributed by atoms with E-state index in [-0.39, 0.29) is 5.91 Å². The minimum atomic E-state index is 0.111. The van der Waals surface area contributed by atoms with E-state index in [4.69, 9.17) is 5.73 Å². The van der Waals surface area contributed by atoms with Crippen molar-refractivity contribution in [2.75, 3.05) is 11.1 Å². The summed E-state index contributed by atoms with van der Waals surface area (Å²) in [4.78, 5) is 16.7. The standard InChI is InChI=1S/C16H19N3OS/c17-12-3-4-13-14(8-12)21-16(18-13)19-15(20)7-11-6-9-1-2-10(11)5-9/h3-4,8-11H,1-2,5-7,17H2,(H,18,19,20). The van der Waals surface area contributed by atoms with Gasteiger partial charge in [-0.2, -0.15) is 0 Å². The molecule has 1 aromatic heterocycles. The van der Waals surface area contributed by atoms with Crippen LogP contribution < -0.4 is 11.1 Å². The molecule has 1 heterocycles. The number of nitrogens with zero attached hydrogens (tertiary/aromatic N) is 1. The van der Waals surface area contributed by atoms with Gasteiger partial charge in [0, 0.05) is 12.1 Å². The minimum Gasteiger partial charge on any atom is -0.399 e. The summed E-state index contributed by atoms with van der Waals surface area (Å²) in [7, 11) is 0. The molecule has 0 spiro atoms. The molecule has 3 unspecified atom stereocenters. The molecule has 5 heteroatoms. The number of carbonyl (C=O) groups excluding carboxylic acids is 1. The van der Waals surface area contributed by atoms with Gasteiger partial charge >= 0.3 is 0 Å². The Bertz CT molecular complexity index is 696. The largest absolute Gasteiger partial charge is 0.399 e. The molecule has 0 radical (unpaired) electrons. The lowest BCUT2D eigenvalue weighted by Crippen LogP contribution is -2.20. The third-order valence-electron chi connectivity index (χ3n) is 4.99. The normalized spacial score (nSPS) is 27.3. The van der Waals surface area contributed by atoms with Crippen LogP contribution in [0.5, 0.6) is 0 Å². The second-order valence-electron chi connectivity index (χ2n) is 6.43. The van der Waals surface area contributed by atoms with E-state index in [1.807, 2.05) is 18.2 Å². The van der Waals surface area contributed by atoms with E-state index in [1.165, 1.54) is 37.0 Å². The van der Waals surface area contributed by atoms with Gasteiger partial charge in [-0.25, -0.2) is 4.98 Å². The molecule has 1 aromatic carbocycles. The molecular formula is C16H19N3OS. The first kappa shape index (κ1) is 13.1. The predicted molar refractivity (Wildman–Crippen MR) is 86.2 cm³/mol. The number of amides is 1. The highest BCUT2D eigenvalue weighted by molar-refractivity contribution is 7.22. The summed E-state index contributed by atoms with van der Waals surface area (Å²) in [6.45, 7) is 0. The molecular weight excluding hydrogens is 282 g/mol. The van der Waals surface area contributed by atoms with Crippen molar-refractivity contribution in [1.82, 2.24) is 4.98 Å². The molecule has 2 aliphatic rings. The number of thiazole rings is 1. The van der Waals surface area contributed by atoms with E-state index in [0.29, 0.717) is 17.5 Å². The van der Waals surface area contributed by atoms with Gasteiger partial charge in [0.25, 0.3) is 0 Å². The van der Waals surface area contributed by atoms with Crippen LogP contribution in [-0.4, -0.2) is 10.9 Å². The number of carbonyl (C=O) groups is 1. The summed E-state index contributed by atoms with van der Waals surface area (Å²) >= 11 is 1.49. The Balaban J connectivity index is 1.43. The number of nitrogens with one attached hydrogen (secondary N) is 1. The molecule has 2 bridgehead atoms. The van der Waals surface area contributed by atoms with E-state index in [2.05, 4.69) is 10.3 Å². The molecule has 2 saturated carbocycles. The zero-order valence-corrected chi connectivity index (χ0v) is 12.7. The van der Waals surface area contributed by atoms with Gasteiger partial charge in [0.2, 0.25) is 5.91 Å². The van der Waals surface area contributed by atoms with Crippen molar-refractivity contribution < 1.29 is 4.79 Å². The predicted octanol–water partition coefficient (Wildman–Crippen LogP) is 3.64. The van der Waals surface area contributed by atoms with Crippen LogP contribution in [0.15, 0.2) is 18.2 Å². The van der Waals surface area contributed by atoms with E-state index >= 15 is 0 Å². The number of hydrogen-bond donors (Lipinski definition) is 2. The molecule has 21 heavy (non-hydrogen) atoms. The monoisotopic (exact) mass is 301 g/mol. The van der Waals surface area contributed by atoms with E-state index in [0.717, 1.165) is 27.7 Å². The average molecular weight is 301 g/mol. The van der Waals surface area contributed by atoms with Crippen molar-refractivity contribution in [3.63, 3.8) is 0 Å². The number of anilines is 2. The maximum absolute atomic E-state index is 12.2. The van der Waals surface area contributed by atoms with Gasteiger partial charge in [0.15, 0.2) is 5.13 Å². The van der Waals surface area contributed by atoms with Gasteiger partial charge in [-0.3, -0.25) is 4.79 Å². The molecule has 0 aliphatic heterocycles. The Kier molecular flexibility index (Phi) is 3.10. The van der Waals surface area contributed by atoms with Crippen molar-refractivity contribution >= 4 is 38.3 Å². The zero-order valence-electron chi connectivity index (χ0n) is 11.8. The summed E-state index contributed by atoms with van der Waals surface area (Å²) in [6.07, 6.45) is 5.94. The van der Waals surface area contributed by atoms with Crippen molar-refractivity contribution in [3.05, 3.63) is 18.2 Å². The van der Waals surface area contributed by atoms with E-state index in [1.54, 1.807) is 0 Å². The Morgan fingerprint density at radius 3 is 3.05 bits per heavy atom. The Morgan fingerprint density at radius 2 is 2.29 bits per heavy atom. The van der Waals surface area contributed by atoms with Gasteiger partial charge < -0.3 is 11.1 Å². The van der Waals surface area contributed by atoms with Crippen LogP contribution >= 0.6 is 11.3 Å². The van der Waals surface area contributed by atoms with Crippen LogP contribution in [0.3, 0.4) is 0 Å². The maximum atomic E-state index is 12.2. The van der Waals surface area contributed by atoms with Gasteiger partial charge in [-0.15, -0.1) is 0 Å². The highest BCUT2D eigenvalue weighted by Gasteiger charge is 2.40. The summed E-state index contributed by atoms with van der Waals surface area (Å²) in [5, 5.41) is 3.65. The third-order valence-corrected chi connectivity index (χ3v) is 5.92. The van der Waals surface area contributed by atoms with Crippen LogP contribution in [0.4, 0.5) is 10.8 Å². The highest BCUT2D eigenvalue weighted by atomic mass is 32.1.